The van der Waals surface area contributed by atoms with Gasteiger partial charge >= 0.3 is 18.5 Å². The van der Waals surface area contributed by atoms with Gasteiger partial charge in [0.1, 0.15) is 15.1 Å². The van der Waals surface area contributed by atoms with Crippen molar-refractivity contribution in [2.75, 3.05) is 0 Å². The van der Waals surface area contributed by atoms with Gasteiger partial charge in [-0.05, 0) is 87.3 Å². The normalized spacial score (nSPS) is 10.8. The largest absolute Gasteiger partial charge is 0.416 e. The van der Waals surface area contributed by atoms with Gasteiger partial charge in [0.15, 0.2) is 0 Å². The zero-order chi connectivity index (χ0) is 48.5. The molecule has 0 saturated heterocycles. The molecule has 350 valence electrons. The second kappa shape index (κ2) is 24.9. The third kappa shape index (κ3) is 16.5. The van der Waals surface area contributed by atoms with Crippen LogP contribution < -0.4 is 0 Å². The summed E-state index contributed by atoms with van der Waals surface area (Å²) in [7, 11) is 0. The number of hydrogen-bond acceptors (Lipinski definition) is 5. The smallest absolute Gasteiger partial charge is 0.247 e. The van der Waals surface area contributed by atoms with Crippen LogP contribution in [0.25, 0.3) is 33.0 Å². The zero-order valence-electron chi connectivity index (χ0n) is 34.7. The lowest BCUT2D eigenvalue weighted by Gasteiger charge is -2.09. The van der Waals surface area contributed by atoms with Gasteiger partial charge in [-0.3, -0.25) is 0 Å². The van der Waals surface area contributed by atoms with Crippen LogP contribution in [-0.2, 0) is 38.2 Å². The summed E-state index contributed by atoms with van der Waals surface area (Å²) in [6.45, 7) is 0.409. The molecule has 19 heteroatoms. The molecule has 0 aliphatic heterocycles. The molecule has 0 aliphatic carbocycles. The highest BCUT2D eigenvalue weighted by atomic mass is 127. The van der Waals surface area contributed by atoms with Gasteiger partial charge < -0.3 is 0 Å². The molecule has 8 aromatic rings. The maximum absolute atomic E-state index is 12.8. The predicted molar refractivity (Wildman–Crippen MR) is 250 cm³/mol. The Morgan fingerprint density at radius 2 is 1.03 bits per heavy atom. The van der Waals surface area contributed by atoms with Crippen molar-refractivity contribution in [3.63, 3.8) is 0 Å². The van der Waals surface area contributed by atoms with Crippen molar-refractivity contribution in [3.05, 3.63) is 223 Å². The number of hydrogen-bond donors (Lipinski definition) is 0. The topological polar surface area (TPSA) is 110 Å². The summed E-state index contributed by atoms with van der Waals surface area (Å²) in [5.74, 6) is 2.53. The van der Waals surface area contributed by atoms with Crippen molar-refractivity contribution in [1.29, 1.82) is 0 Å². The highest BCUT2D eigenvalue weighted by molar-refractivity contribution is 14.1. The molecule has 2 heterocycles. The molecule has 68 heavy (non-hydrogen) atoms. The molecule has 0 aliphatic rings. The van der Waals surface area contributed by atoms with Crippen LogP contribution >= 0.6 is 22.6 Å². The Morgan fingerprint density at radius 3 is 1.50 bits per heavy atom. The summed E-state index contributed by atoms with van der Waals surface area (Å²) in [5, 5.41) is 19.4. The van der Waals surface area contributed by atoms with E-state index in [1.165, 1.54) is 28.9 Å². The van der Waals surface area contributed by atoms with Gasteiger partial charge in [0.25, 0.3) is 0 Å². The molecule has 0 bridgehead atoms. The average Bonchev–Trinajstić information content (AvgIpc) is 3.95. The summed E-state index contributed by atoms with van der Waals surface area (Å²) < 4.78 is 117. The van der Waals surface area contributed by atoms with Gasteiger partial charge in [-0.15, -0.1) is 16.6 Å². The van der Waals surface area contributed by atoms with Crippen molar-refractivity contribution in [2.24, 2.45) is 5.11 Å². The fourth-order valence-corrected chi connectivity index (χ4v) is 6.52. The summed E-state index contributed by atoms with van der Waals surface area (Å²) >= 11 is 2.11. The van der Waals surface area contributed by atoms with Crippen LogP contribution in [0.3, 0.4) is 0 Å². The van der Waals surface area contributed by atoms with E-state index in [1.54, 1.807) is 23.0 Å². The highest BCUT2D eigenvalue weighted by Crippen LogP contribution is 2.32. The number of nitrogens with zero attached hydrogens (tertiary/aromatic N) is 9. The van der Waals surface area contributed by atoms with Gasteiger partial charge in [-0.25, -0.2) is 9.36 Å². The van der Waals surface area contributed by atoms with E-state index in [2.05, 4.69) is 59.2 Å². The number of terminal acetylenes is 1. The number of alkyl halides is 9. The lowest BCUT2D eigenvalue weighted by molar-refractivity contribution is -0.138. The summed E-state index contributed by atoms with van der Waals surface area (Å²) in [4.78, 5) is 2.47. The molecule has 2 aromatic heterocycles. The van der Waals surface area contributed by atoms with Crippen LogP contribution in [0.5, 0.6) is 0 Å². The van der Waals surface area contributed by atoms with Gasteiger partial charge in [0, 0.05) is 21.6 Å². The monoisotopic (exact) mass is 1050 g/mol. The van der Waals surface area contributed by atoms with E-state index in [1.807, 2.05) is 91.0 Å². The van der Waals surface area contributed by atoms with E-state index in [4.69, 9.17) is 12.0 Å². The summed E-state index contributed by atoms with van der Waals surface area (Å²) in [5.41, 5.74) is 11.5. The Kier molecular flexibility index (Phi) is 19.5. The van der Waals surface area contributed by atoms with E-state index in [0.29, 0.717) is 22.4 Å². The third-order valence-electron chi connectivity index (χ3n) is 9.03. The molecule has 0 spiro atoms. The standard InChI is InChI=1S/C16H11F3IN3.C16H12F3N3.C8H6F3N3.C8H6.CH4/c17-16(18,19)13-8-4-5-11(9-13)10-23-15(20)14(21-22-23)12-6-2-1-3-7-12;17-16(18,19)14-8-4-5-12(9-14)10-22-11-15(20-21-22)13-6-2-1-3-7-13;9-8(10,11)7-3-1-2-6(4-7)5-13-14-12;1-2-8-6-4-3-5-7-8;/h1-9H,10H2;1-9,11H,10H2;1-4H,5H2;1,3-7H;1H4. The fourth-order valence-electron chi connectivity index (χ4n) is 5.84. The Bertz CT molecular complexity index is 2890. The first-order chi connectivity index (χ1) is 31.9. The molecule has 0 saturated carbocycles. The molecular formula is C49H39F9IN9. The first-order valence-corrected chi connectivity index (χ1v) is 20.6. The molecular weight excluding hydrogens is 1010 g/mol. The molecule has 8 rings (SSSR count). The number of azide groups is 1. The third-order valence-corrected chi connectivity index (χ3v) is 10.1. The van der Waals surface area contributed by atoms with E-state index in [9.17, 15) is 39.5 Å². The summed E-state index contributed by atoms with van der Waals surface area (Å²) in [6.07, 6.45) is -6.22. The van der Waals surface area contributed by atoms with Gasteiger partial charge in [0.05, 0.1) is 42.5 Å². The number of aromatic nitrogens is 6. The van der Waals surface area contributed by atoms with Crippen LogP contribution in [0.15, 0.2) is 175 Å². The van der Waals surface area contributed by atoms with E-state index < -0.39 is 35.2 Å². The Hall–Kier alpha value is -7.43. The van der Waals surface area contributed by atoms with Crippen molar-refractivity contribution in [2.45, 2.75) is 45.6 Å². The maximum Gasteiger partial charge on any atom is 0.416 e. The molecule has 0 radical (unpaired) electrons. The van der Waals surface area contributed by atoms with Crippen molar-refractivity contribution >= 4 is 22.6 Å². The molecule has 0 unspecified atom stereocenters. The van der Waals surface area contributed by atoms with Crippen molar-refractivity contribution < 1.29 is 39.5 Å². The first kappa shape index (κ1) is 53.2. The molecule has 0 amide bonds. The van der Waals surface area contributed by atoms with E-state index >= 15 is 0 Å². The molecule has 0 atom stereocenters. The Labute approximate surface area is 399 Å². The van der Waals surface area contributed by atoms with Crippen LogP contribution in [0, 0.1) is 16.0 Å². The van der Waals surface area contributed by atoms with Crippen LogP contribution in [0.4, 0.5) is 39.5 Å². The number of halogens is 10. The van der Waals surface area contributed by atoms with Crippen LogP contribution in [0.2, 0.25) is 0 Å². The lowest BCUT2D eigenvalue weighted by atomic mass is 10.1. The lowest BCUT2D eigenvalue weighted by Crippen LogP contribution is -2.08. The first-order valence-electron chi connectivity index (χ1n) is 19.6. The minimum Gasteiger partial charge on any atom is -0.247 e. The number of benzene rings is 6. The molecule has 9 nitrogen and oxygen atoms in total. The van der Waals surface area contributed by atoms with Crippen molar-refractivity contribution in [1.82, 2.24) is 30.0 Å². The van der Waals surface area contributed by atoms with Gasteiger partial charge in [-0.1, -0.05) is 150 Å². The maximum atomic E-state index is 12.8. The highest BCUT2D eigenvalue weighted by Gasteiger charge is 2.32. The van der Waals surface area contributed by atoms with Crippen LogP contribution in [-0.4, -0.2) is 30.0 Å². The second-order valence-corrected chi connectivity index (χ2v) is 14.9. The Balaban J connectivity index is 0.000000209. The minimum atomic E-state index is -4.35. The quantitative estimate of drug-likeness (QED) is 0.0377. The fraction of sp³-hybridized carbons (Fsp3) is 0.143. The summed E-state index contributed by atoms with van der Waals surface area (Å²) in [6, 6.07) is 43.8. The van der Waals surface area contributed by atoms with E-state index in [-0.39, 0.29) is 27.1 Å². The Morgan fingerprint density at radius 1 is 0.574 bits per heavy atom. The predicted octanol–water partition coefficient (Wildman–Crippen LogP) is 14.4. The SMILES string of the molecule is C.C#Cc1ccccc1.FC(F)(F)c1cccc(Cn2cc(-c3ccccc3)nn2)c1.FC(F)(F)c1cccc(Cn2nnc(-c3ccccc3)c2I)c1.[N-]=[N+]=NCc1cccc(C(F)(F)F)c1. The van der Waals surface area contributed by atoms with Gasteiger partial charge in [0.2, 0.25) is 0 Å². The molecule has 6 aromatic carbocycles. The van der Waals surface area contributed by atoms with E-state index in [0.717, 1.165) is 62.5 Å². The molecule has 0 fully saturated rings. The average molecular weight is 1050 g/mol. The zero-order valence-corrected chi connectivity index (χ0v) is 36.8. The molecule has 0 N–H and O–H groups in total. The second-order valence-electron chi connectivity index (χ2n) is 13.9. The van der Waals surface area contributed by atoms with Crippen molar-refractivity contribution in [3.8, 4) is 34.9 Å². The number of rotatable bonds is 8. The minimum absolute atomic E-state index is 0. The van der Waals surface area contributed by atoms with Crippen LogP contribution in [0.1, 0.15) is 46.4 Å². The van der Waals surface area contributed by atoms with Gasteiger partial charge in [-0.2, -0.15) is 39.5 Å².